The maximum absolute atomic E-state index is 9.81. The molecule has 1 heterocycles. The summed E-state index contributed by atoms with van der Waals surface area (Å²) < 4.78 is 5.73. The second kappa shape index (κ2) is 6.43. The summed E-state index contributed by atoms with van der Waals surface area (Å²) in [6.07, 6.45) is 0.922. The number of benzene rings is 1. The third kappa shape index (κ3) is 3.61. The van der Waals surface area contributed by atoms with E-state index in [4.69, 9.17) is 4.42 Å². The molecule has 0 saturated carbocycles. The molecule has 2 rings (SSSR count). The van der Waals surface area contributed by atoms with Crippen molar-refractivity contribution in [2.75, 3.05) is 6.54 Å². The second-order valence-electron chi connectivity index (χ2n) is 4.65. The van der Waals surface area contributed by atoms with Crippen LogP contribution in [0.2, 0.25) is 0 Å². The van der Waals surface area contributed by atoms with Crippen LogP contribution < -0.4 is 0 Å². The number of hydrogen-bond donors (Lipinski definition) is 1. The normalized spacial score (nSPS) is 11.1. The van der Waals surface area contributed by atoms with E-state index < -0.39 is 0 Å². The molecule has 3 heteroatoms. The molecule has 1 aromatic heterocycles. The highest BCUT2D eigenvalue weighted by Crippen LogP contribution is 2.19. The summed E-state index contributed by atoms with van der Waals surface area (Å²) in [6.45, 7) is 6.61. The summed E-state index contributed by atoms with van der Waals surface area (Å²) in [5, 5.41) is 9.81. The fourth-order valence-electron chi connectivity index (χ4n) is 2.08. The first-order chi connectivity index (χ1) is 9.22. The van der Waals surface area contributed by atoms with Gasteiger partial charge in [-0.3, -0.25) is 4.90 Å². The van der Waals surface area contributed by atoms with Crippen LogP contribution in [0.4, 0.5) is 0 Å². The number of aryl methyl sites for hydroxylation is 1. The molecule has 1 N–H and O–H groups in total. The van der Waals surface area contributed by atoms with Crippen LogP contribution in [0.15, 0.2) is 40.8 Å². The van der Waals surface area contributed by atoms with Gasteiger partial charge in [0.1, 0.15) is 17.3 Å². The molecule has 0 aliphatic heterocycles. The standard InChI is InChI=1S/C16H21NO2/c1-3-14-9-10-15(19-14)12-17(4-2)11-13-7-5-6-8-16(13)18/h5-10,18H,3-4,11-12H2,1-2H3. The summed E-state index contributed by atoms with van der Waals surface area (Å²) in [6, 6.07) is 11.5. The van der Waals surface area contributed by atoms with E-state index in [-0.39, 0.29) is 0 Å². The molecular formula is C16H21NO2. The fourth-order valence-corrected chi connectivity index (χ4v) is 2.08. The maximum Gasteiger partial charge on any atom is 0.120 e. The average Bonchev–Trinajstić information content (AvgIpc) is 2.88. The molecule has 0 bridgehead atoms. The number of rotatable bonds is 6. The van der Waals surface area contributed by atoms with Gasteiger partial charge in [-0.15, -0.1) is 0 Å². The molecule has 1 aromatic carbocycles. The zero-order valence-corrected chi connectivity index (χ0v) is 11.6. The van der Waals surface area contributed by atoms with E-state index in [1.807, 2.05) is 30.3 Å². The molecule has 0 aliphatic carbocycles. The quantitative estimate of drug-likeness (QED) is 0.861. The van der Waals surface area contributed by atoms with E-state index in [9.17, 15) is 5.11 Å². The van der Waals surface area contributed by atoms with Crippen LogP contribution in [-0.2, 0) is 19.5 Å². The zero-order chi connectivity index (χ0) is 13.7. The molecule has 102 valence electrons. The molecule has 2 aromatic rings. The summed E-state index contributed by atoms with van der Waals surface area (Å²) in [5.74, 6) is 2.36. The largest absolute Gasteiger partial charge is 0.508 e. The van der Waals surface area contributed by atoms with E-state index in [1.54, 1.807) is 6.07 Å². The van der Waals surface area contributed by atoms with E-state index in [1.165, 1.54) is 0 Å². The number of furan rings is 1. The van der Waals surface area contributed by atoms with Crippen LogP contribution in [-0.4, -0.2) is 16.6 Å². The van der Waals surface area contributed by atoms with Crippen molar-refractivity contribution < 1.29 is 9.52 Å². The Morgan fingerprint density at radius 2 is 1.74 bits per heavy atom. The van der Waals surface area contributed by atoms with Gasteiger partial charge in [-0.05, 0) is 24.7 Å². The van der Waals surface area contributed by atoms with Gasteiger partial charge >= 0.3 is 0 Å². The topological polar surface area (TPSA) is 36.6 Å². The number of para-hydroxylation sites is 1. The summed E-state index contributed by atoms with van der Waals surface area (Å²) >= 11 is 0. The van der Waals surface area contributed by atoms with Crippen LogP contribution in [0.3, 0.4) is 0 Å². The van der Waals surface area contributed by atoms with Crippen molar-refractivity contribution in [3.8, 4) is 5.75 Å². The molecule has 0 saturated heterocycles. The SMILES string of the molecule is CCc1ccc(CN(CC)Cc2ccccc2O)o1. The molecule has 0 atom stereocenters. The van der Waals surface area contributed by atoms with E-state index in [0.717, 1.165) is 43.1 Å². The first-order valence-corrected chi connectivity index (χ1v) is 6.79. The van der Waals surface area contributed by atoms with Crippen LogP contribution in [0, 0.1) is 0 Å². The van der Waals surface area contributed by atoms with Crippen LogP contribution in [0.25, 0.3) is 0 Å². The number of hydrogen-bond acceptors (Lipinski definition) is 3. The first-order valence-electron chi connectivity index (χ1n) is 6.79. The van der Waals surface area contributed by atoms with Crippen molar-refractivity contribution >= 4 is 0 Å². The van der Waals surface area contributed by atoms with Crippen molar-refractivity contribution in [1.29, 1.82) is 0 Å². The number of nitrogens with zero attached hydrogens (tertiary/aromatic N) is 1. The van der Waals surface area contributed by atoms with Gasteiger partial charge < -0.3 is 9.52 Å². The lowest BCUT2D eigenvalue weighted by atomic mass is 10.2. The van der Waals surface area contributed by atoms with Crippen molar-refractivity contribution in [2.24, 2.45) is 0 Å². The number of aromatic hydroxyl groups is 1. The zero-order valence-electron chi connectivity index (χ0n) is 11.6. The van der Waals surface area contributed by atoms with E-state index in [0.29, 0.717) is 5.75 Å². The van der Waals surface area contributed by atoms with Gasteiger partial charge in [-0.2, -0.15) is 0 Å². The third-order valence-corrected chi connectivity index (χ3v) is 3.28. The van der Waals surface area contributed by atoms with Gasteiger partial charge in [0.2, 0.25) is 0 Å². The molecule has 0 aliphatic rings. The lowest BCUT2D eigenvalue weighted by Gasteiger charge is -2.19. The Kier molecular flexibility index (Phi) is 4.63. The Balaban J connectivity index is 2.02. The Labute approximate surface area is 114 Å². The number of phenols is 1. The molecule has 0 fully saturated rings. The predicted molar refractivity (Wildman–Crippen MR) is 76.0 cm³/mol. The van der Waals surface area contributed by atoms with Gasteiger partial charge in [0, 0.05) is 18.5 Å². The Hall–Kier alpha value is -1.74. The van der Waals surface area contributed by atoms with Crippen molar-refractivity contribution in [1.82, 2.24) is 4.90 Å². The molecule has 0 radical (unpaired) electrons. The lowest BCUT2D eigenvalue weighted by molar-refractivity contribution is 0.242. The van der Waals surface area contributed by atoms with Gasteiger partial charge in [0.05, 0.1) is 6.54 Å². The molecule has 3 nitrogen and oxygen atoms in total. The van der Waals surface area contributed by atoms with Gasteiger partial charge in [0.25, 0.3) is 0 Å². The van der Waals surface area contributed by atoms with Gasteiger partial charge in [-0.25, -0.2) is 0 Å². The lowest BCUT2D eigenvalue weighted by Crippen LogP contribution is -2.22. The summed E-state index contributed by atoms with van der Waals surface area (Å²) in [5.41, 5.74) is 0.951. The Morgan fingerprint density at radius 3 is 2.37 bits per heavy atom. The van der Waals surface area contributed by atoms with Crippen LogP contribution in [0.5, 0.6) is 5.75 Å². The maximum atomic E-state index is 9.81. The van der Waals surface area contributed by atoms with Crippen molar-refractivity contribution in [3.63, 3.8) is 0 Å². The molecule has 0 spiro atoms. The van der Waals surface area contributed by atoms with Gasteiger partial charge in [0.15, 0.2) is 0 Å². The fraction of sp³-hybridized carbons (Fsp3) is 0.375. The first kappa shape index (κ1) is 13.7. The van der Waals surface area contributed by atoms with Crippen LogP contribution >= 0.6 is 0 Å². The second-order valence-corrected chi connectivity index (χ2v) is 4.65. The number of phenolic OH excluding ortho intramolecular Hbond substituents is 1. The Bertz CT molecular complexity index is 519. The minimum absolute atomic E-state index is 0.356. The highest BCUT2D eigenvalue weighted by atomic mass is 16.3. The average molecular weight is 259 g/mol. The minimum Gasteiger partial charge on any atom is -0.508 e. The molecule has 0 unspecified atom stereocenters. The van der Waals surface area contributed by atoms with Crippen molar-refractivity contribution in [3.05, 3.63) is 53.5 Å². The highest BCUT2D eigenvalue weighted by Gasteiger charge is 2.10. The summed E-state index contributed by atoms with van der Waals surface area (Å²) in [7, 11) is 0. The molecule has 19 heavy (non-hydrogen) atoms. The highest BCUT2D eigenvalue weighted by molar-refractivity contribution is 5.31. The Morgan fingerprint density at radius 1 is 1.00 bits per heavy atom. The van der Waals surface area contributed by atoms with Gasteiger partial charge in [-0.1, -0.05) is 32.0 Å². The monoisotopic (exact) mass is 259 g/mol. The smallest absolute Gasteiger partial charge is 0.120 e. The predicted octanol–water partition coefficient (Wildman–Crippen LogP) is 3.57. The van der Waals surface area contributed by atoms with Crippen LogP contribution in [0.1, 0.15) is 30.9 Å². The van der Waals surface area contributed by atoms with E-state index in [2.05, 4.69) is 18.7 Å². The summed E-state index contributed by atoms with van der Waals surface area (Å²) in [4.78, 5) is 2.24. The minimum atomic E-state index is 0.356. The van der Waals surface area contributed by atoms with E-state index >= 15 is 0 Å². The van der Waals surface area contributed by atoms with Crippen molar-refractivity contribution in [2.45, 2.75) is 33.4 Å². The molecule has 0 amide bonds. The molecular weight excluding hydrogens is 238 g/mol. The third-order valence-electron chi connectivity index (χ3n) is 3.28.